The van der Waals surface area contributed by atoms with Crippen LogP contribution in [0.5, 0.6) is 11.5 Å². The van der Waals surface area contributed by atoms with Crippen LogP contribution in [0.4, 0.5) is 5.69 Å². The molecule has 3 rings (SSSR count). The predicted molar refractivity (Wildman–Crippen MR) is 115 cm³/mol. The highest BCUT2D eigenvalue weighted by molar-refractivity contribution is 8.01. The van der Waals surface area contributed by atoms with Crippen molar-refractivity contribution in [2.75, 3.05) is 24.4 Å². The highest BCUT2D eigenvalue weighted by Crippen LogP contribution is 2.33. The molecule has 0 fully saturated rings. The zero-order valence-electron chi connectivity index (χ0n) is 16.9. The van der Waals surface area contributed by atoms with Crippen LogP contribution in [0.2, 0.25) is 0 Å². The van der Waals surface area contributed by atoms with Crippen molar-refractivity contribution in [3.63, 3.8) is 0 Å². The maximum absolute atomic E-state index is 12.8. The fraction of sp³-hybridized carbons (Fsp3) is 0.364. The van der Waals surface area contributed by atoms with Gasteiger partial charge < -0.3 is 19.7 Å². The minimum atomic E-state index is -0.312. The van der Waals surface area contributed by atoms with Crippen molar-refractivity contribution in [2.45, 2.75) is 32.6 Å². The van der Waals surface area contributed by atoms with Gasteiger partial charge in [0.15, 0.2) is 11.5 Å². The lowest BCUT2D eigenvalue weighted by atomic mass is 10.2. The van der Waals surface area contributed by atoms with Gasteiger partial charge in [0.1, 0.15) is 0 Å². The Kier molecular flexibility index (Phi) is 7.04. The molecule has 1 heterocycles. The first-order chi connectivity index (χ1) is 14.0. The van der Waals surface area contributed by atoms with Crippen LogP contribution in [-0.4, -0.2) is 41.1 Å². The Morgan fingerprint density at radius 1 is 1.14 bits per heavy atom. The fourth-order valence-corrected chi connectivity index (χ4v) is 3.73. The van der Waals surface area contributed by atoms with E-state index in [9.17, 15) is 9.59 Å². The van der Waals surface area contributed by atoms with E-state index in [2.05, 4.69) is 5.32 Å². The lowest BCUT2D eigenvalue weighted by molar-refractivity contribution is -0.130. The first kappa shape index (κ1) is 21.0. The van der Waals surface area contributed by atoms with E-state index in [1.165, 1.54) is 11.8 Å². The molecule has 1 aliphatic rings. The lowest BCUT2D eigenvalue weighted by Crippen LogP contribution is -2.36. The molecule has 154 valence electrons. The number of hydrogen-bond donors (Lipinski definition) is 1. The van der Waals surface area contributed by atoms with E-state index in [4.69, 9.17) is 9.47 Å². The lowest BCUT2D eigenvalue weighted by Gasteiger charge is -2.24. The zero-order chi connectivity index (χ0) is 20.8. The average Bonchev–Trinajstić information content (AvgIpc) is 3.19. The van der Waals surface area contributed by atoms with Crippen LogP contribution in [0.15, 0.2) is 42.5 Å². The van der Waals surface area contributed by atoms with E-state index >= 15 is 0 Å². The summed E-state index contributed by atoms with van der Waals surface area (Å²) in [5.41, 5.74) is 2.88. The number of aryl methyl sites for hydroxylation is 1. The van der Waals surface area contributed by atoms with Crippen molar-refractivity contribution in [1.82, 2.24) is 4.90 Å². The van der Waals surface area contributed by atoms with Gasteiger partial charge in [-0.2, -0.15) is 0 Å². The van der Waals surface area contributed by atoms with Gasteiger partial charge in [-0.05, 0) is 50.6 Å². The van der Waals surface area contributed by atoms with Crippen molar-refractivity contribution >= 4 is 29.3 Å². The normalized spacial score (nSPS) is 13.1. The number of carbonyl (C=O) groups is 2. The topological polar surface area (TPSA) is 67.9 Å². The molecule has 2 amide bonds. The number of carbonyl (C=O) groups excluding carboxylic acids is 2. The smallest absolute Gasteiger partial charge is 0.235 e. The molecule has 0 aromatic heterocycles. The van der Waals surface area contributed by atoms with Gasteiger partial charge in [-0.1, -0.05) is 23.8 Å². The van der Waals surface area contributed by atoms with Crippen LogP contribution in [-0.2, 0) is 16.1 Å². The molecule has 2 aromatic rings. The Morgan fingerprint density at radius 3 is 2.59 bits per heavy atom. The molecule has 29 heavy (non-hydrogen) atoms. The maximum atomic E-state index is 12.8. The second-order valence-electron chi connectivity index (χ2n) is 6.91. The van der Waals surface area contributed by atoms with Gasteiger partial charge in [-0.3, -0.25) is 9.59 Å². The minimum Gasteiger partial charge on any atom is -0.454 e. The number of fused-ring (bicyclic) bond motifs is 1. The summed E-state index contributed by atoms with van der Waals surface area (Å²) < 4.78 is 10.7. The predicted octanol–water partition coefficient (Wildman–Crippen LogP) is 3.83. The van der Waals surface area contributed by atoms with Crippen LogP contribution in [0, 0.1) is 6.92 Å². The molecular weight excluding hydrogens is 388 g/mol. The summed E-state index contributed by atoms with van der Waals surface area (Å²) >= 11 is 1.34. The SMILES string of the molecule is CCN(Cc1ccc2c(c1)OCO2)C(=O)C(C)SCC(=O)Nc1ccc(C)cc1. The molecule has 1 N–H and O–H groups in total. The second kappa shape index (κ2) is 9.69. The average molecular weight is 415 g/mol. The van der Waals surface area contributed by atoms with E-state index in [1.54, 1.807) is 4.90 Å². The molecule has 1 unspecified atom stereocenters. The zero-order valence-corrected chi connectivity index (χ0v) is 17.8. The first-order valence-electron chi connectivity index (χ1n) is 9.61. The third-order valence-corrected chi connectivity index (χ3v) is 5.78. The van der Waals surface area contributed by atoms with E-state index in [1.807, 2.05) is 63.2 Å². The largest absolute Gasteiger partial charge is 0.454 e. The van der Waals surface area contributed by atoms with Crippen molar-refractivity contribution in [3.8, 4) is 11.5 Å². The molecule has 0 saturated heterocycles. The number of rotatable bonds is 8. The molecule has 0 spiro atoms. The summed E-state index contributed by atoms with van der Waals surface area (Å²) in [4.78, 5) is 26.8. The minimum absolute atomic E-state index is 0.0123. The van der Waals surface area contributed by atoms with Gasteiger partial charge in [0, 0.05) is 18.8 Å². The van der Waals surface area contributed by atoms with Gasteiger partial charge in [0.05, 0.1) is 11.0 Å². The maximum Gasteiger partial charge on any atom is 0.235 e. The van der Waals surface area contributed by atoms with Crippen LogP contribution in [0.25, 0.3) is 0 Å². The third-order valence-electron chi connectivity index (χ3n) is 4.65. The van der Waals surface area contributed by atoms with E-state index in [0.29, 0.717) is 18.8 Å². The number of amides is 2. The van der Waals surface area contributed by atoms with Crippen LogP contribution < -0.4 is 14.8 Å². The first-order valence-corrected chi connectivity index (χ1v) is 10.7. The summed E-state index contributed by atoms with van der Waals surface area (Å²) in [5.74, 6) is 1.56. The molecular formula is C22H26N2O4S. The molecule has 0 saturated carbocycles. The summed E-state index contributed by atoms with van der Waals surface area (Å²) in [6, 6.07) is 13.4. The molecule has 7 heteroatoms. The number of anilines is 1. The Hall–Kier alpha value is -2.67. The summed E-state index contributed by atoms with van der Waals surface area (Å²) in [7, 11) is 0. The number of nitrogens with zero attached hydrogens (tertiary/aromatic N) is 1. The van der Waals surface area contributed by atoms with Crippen LogP contribution in [0.1, 0.15) is 25.0 Å². The molecule has 0 aliphatic carbocycles. The Balaban J connectivity index is 1.50. The molecule has 0 radical (unpaired) electrons. The van der Waals surface area contributed by atoms with E-state index in [-0.39, 0.29) is 29.6 Å². The monoisotopic (exact) mass is 414 g/mol. The summed E-state index contributed by atoms with van der Waals surface area (Å²) in [6.07, 6.45) is 0. The number of ether oxygens (including phenoxy) is 2. The van der Waals surface area contributed by atoms with Gasteiger partial charge >= 0.3 is 0 Å². The van der Waals surface area contributed by atoms with E-state index < -0.39 is 0 Å². The highest BCUT2D eigenvalue weighted by Gasteiger charge is 2.22. The third kappa shape index (κ3) is 5.67. The van der Waals surface area contributed by atoms with Crippen molar-refractivity contribution in [3.05, 3.63) is 53.6 Å². The Bertz CT molecular complexity index is 870. The molecule has 6 nitrogen and oxygen atoms in total. The number of thioether (sulfide) groups is 1. The fourth-order valence-electron chi connectivity index (χ4n) is 2.97. The van der Waals surface area contributed by atoms with Gasteiger partial charge in [0.2, 0.25) is 18.6 Å². The Labute approximate surface area is 175 Å². The highest BCUT2D eigenvalue weighted by atomic mass is 32.2. The summed E-state index contributed by atoms with van der Waals surface area (Å²) in [6.45, 7) is 7.10. The van der Waals surface area contributed by atoms with Crippen molar-refractivity contribution in [2.24, 2.45) is 0 Å². The quantitative estimate of drug-likeness (QED) is 0.711. The standard InChI is InChI=1S/C22H26N2O4S/c1-4-24(12-17-7-10-19-20(11-17)28-14-27-19)22(26)16(3)29-13-21(25)23-18-8-5-15(2)6-9-18/h5-11,16H,4,12-14H2,1-3H3,(H,23,25). The summed E-state index contributed by atoms with van der Waals surface area (Å²) in [5, 5.41) is 2.55. The molecule has 0 bridgehead atoms. The molecule has 1 aliphatic heterocycles. The molecule has 1 atom stereocenters. The van der Waals surface area contributed by atoms with E-state index in [0.717, 1.165) is 22.6 Å². The number of nitrogens with one attached hydrogen (secondary N) is 1. The van der Waals surface area contributed by atoms with Gasteiger partial charge in [-0.15, -0.1) is 11.8 Å². The van der Waals surface area contributed by atoms with Crippen molar-refractivity contribution in [1.29, 1.82) is 0 Å². The van der Waals surface area contributed by atoms with Crippen LogP contribution >= 0.6 is 11.8 Å². The second-order valence-corrected chi connectivity index (χ2v) is 8.24. The molecule has 2 aromatic carbocycles. The van der Waals surface area contributed by atoms with Crippen molar-refractivity contribution < 1.29 is 19.1 Å². The van der Waals surface area contributed by atoms with Gasteiger partial charge in [0.25, 0.3) is 0 Å². The van der Waals surface area contributed by atoms with Gasteiger partial charge in [-0.25, -0.2) is 0 Å². The number of benzene rings is 2. The number of hydrogen-bond acceptors (Lipinski definition) is 5. The Morgan fingerprint density at radius 2 is 1.86 bits per heavy atom. The van der Waals surface area contributed by atoms with Crippen LogP contribution in [0.3, 0.4) is 0 Å².